The Labute approximate surface area is 69.0 Å². The van der Waals surface area contributed by atoms with Crippen molar-refractivity contribution in [2.45, 2.75) is 12.0 Å². The van der Waals surface area contributed by atoms with Gasteiger partial charge in [0.2, 0.25) is 0 Å². The molecule has 0 aromatic carbocycles. The van der Waals surface area contributed by atoms with Gasteiger partial charge in [0, 0.05) is 7.11 Å². The van der Waals surface area contributed by atoms with E-state index in [0.717, 1.165) is 7.11 Å². The molecule has 2 N–H and O–H groups in total. The van der Waals surface area contributed by atoms with Crippen molar-refractivity contribution in [3.8, 4) is 12.3 Å². The largest absolute Gasteiger partial charge is 0.479 e. The molecule has 0 aliphatic heterocycles. The molecule has 0 bridgehead atoms. The molecule has 0 unspecified atom stereocenters. The lowest BCUT2D eigenvalue weighted by atomic mass is 10.0. The fraction of sp³-hybridized carbons (Fsp3) is 0.429. The molecule has 0 spiro atoms. The monoisotopic (exact) mass is 172 g/mol. The number of hydrogen-bond donors (Lipinski definition) is 2. The number of hydrogen-bond acceptors (Lipinski definition) is 3. The van der Waals surface area contributed by atoms with E-state index in [1.165, 1.54) is 0 Å². The summed E-state index contributed by atoms with van der Waals surface area (Å²) in [6.07, 6.45) is 4.30. The summed E-state index contributed by atoms with van der Waals surface area (Å²) in [7, 11) is 0.986. The maximum Gasteiger partial charge on any atom is 0.348 e. The Morgan fingerprint density at radius 2 is 1.92 bits per heavy atom. The third-order valence-corrected chi connectivity index (χ3v) is 1.39. The predicted molar refractivity (Wildman–Crippen MR) is 38.5 cm³/mol. The van der Waals surface area contributed by atoms with Gasteiger partial charge in [-0.3, -0.25) is 0 Å². The highest BCUT2D eigenvalue weighted by Gasteiger charge is 2.46. The van der Waals surface area contributed by atoms with Crippen LogP contribution < -0.4 is 0 Å². The van der Waals surface area contributed by atoms with Gasteiger partial charge in [-0.25, -0.2) is 9.59 Å². The van der Waals surface area contributed by atoms with Gasteiger partial charge < -0.3 is 14.9 Å². The number of methoxy groups -OCH3 is 1. The summed E-state index contributed by atoms with van der Waals surface area (Å²) in [4.78, 5) is 21.0. The van der Waals surface area contributed by atoms with Gasteiger partial charge in [-0.15, -0.1) is 12.3 Å². The Morgan fingerprint density at radius 1 is 1.50 bits per heavy atom. The summed E-state index contributed by atoms with van der Waals surface area (Å²) in [5.74, 6) is -1.27. The second kappa shape index (κ2) is 3.74. The van der Waals surface area contributed by atoms with Gasteiger partial charge in [0.05, 0.1) is 6.42 Å². The number of carbonyl (C=O) groups is 2. The molecule has 0 aliphatic carbocycles. The smallest absolute Gasteiger partial charge is 0.348 e. The van der Waals surface area contributed by atoms with Crippen molar-refractivity contribution in [3.63, 3.8) is 0 Å². The molecule has 0 atom stereocenters. The van der Waals surface area contributed by atoms with Crippen LogP contribution in [0, 0.1) is 12.3 Å². The van der Waals surface area contributed by atoms with Crippen LogP contribution in [0.5, 0.6) is 0 Å². The summed E-state index contributed by atoms with van der Waals surface area (Å²) in [5, 5.41) is 17.0. The number of carboxylic acid groups (broad SMARTS) is 2. The minimum atomic E-state index is -2.31. The van der Waals surface area contributed by atoms with Crippen LogP contribution in [0.3, 0.4) is 0 Å². The van der Waals surface area contributed by atoms with E-state index in [4.69, 9.17) is 16.6 Å². The normalized spacial score (nSPS) is 10.3. The minimum absolute atomic E-state index is 0.506. The number of carboxylic acids is 2. The third kappa shape index (κ3) is 1.54. The first kappa shape index (κ1) is 10.5. The van der Waals surface area contributed by atoms with Crippen molar-refractivity contribution in [2.75, 3.05) is 7.11 Å². The Morgan fingerprint density at radius 3 is 2.00 bits per heavy atom. The average Bonchev–Trinajstić information content (AvgIpc) is 1.98. The standard InChI is InChI=1S/C7H8O5/c1-3-4-7(12-2,5(8)9)6(10)11/h1H,4H2,2H3,(H,8,9)(H,10,11). The summed E-state index contributed by atoms with van der Waals surface area (Å²) in [5.41, 5.74) is -2.31. The van der Waals surface area contributed by atoms with E-state index in [1.54, 1.807) is 0 Å². The molecule has 0 radical (unpaired) electrons. The molecule has 0 aromatic rings. The van der Waals surface area contributed by atoms with E-state index in [2.05, 4.69) is 4.74 Å². The second-order valence-corrected chi connectivity index (χ2v) is 2.02. The van der Waals surface area contributed by atoms with Gasteiger partial charge in [0.25, 0.3) is 5.60 Å². The highest BCUT2D eigenvalue weighted by Crippen LogP contribution is 2.15. The lowest BCUT2D eigenvalue weighted by Gasteiger charge is -2.19. The Balaban J connectivity index is 4.92. The van der Waals surface area contributed by atoms with Crippen LogP contribution in [0.2, 0.25) is 0 Å². The third-order valence-electron chi connectivity index (χ3n) is 1.39. The SMILES string of the molecule is C#CCC(OC)(C(=O)O)C(=O)O. The molecule has 12 heavy (non-hydrogen) atoms. The quantitative estimate of drug-likeness (QED) is 0.443. The van der Waals surface area contributed by atoms with Crippen molar-refractivity contribution in [1.82, 2.24) is 0 Å². The average molecular weight is 172 g/mol. The van der Waals surface area contributed by atoms with Crippen molar-refractivity contribution >= 4 is 11.9 Å². The number of rotatable bonds is 4. The van der Waals surface area contributed by atoms with E-state index in [0.29, 0.717) is 0 Å². The molecule has 66 valence electrons. The molecule has 5 nitrogen and oxygen atoms in total. The predicted octanol–water partition coefficient (Wildman–Crippen LogP) is -0.436. The van der Waals surface area contributed by atoms with Gasteiger partial charge in [-0.1, -0.05) is 0 Å². The van der Waals surface area contributed by atoms with Gasteiger partial charge >= 0.3 is 11.9 Å². The first-order chi connectivity index (χ1) is 5.51. The molecule has 0 saturated heterocycles. The molecule has 0 amide bonds. The van der Waals surface area contributed by atoms with Crippen molar-refractivity contribution in [3.05, 3.63) is 0 Å². The molecule has 0 saturated carbocycles. The summed E-state index contributed by atoms with van der Waals surface area (Å²) in [6.45, 7) is 0. The van der Waals surface area contributed by atoms with Crippen LogP contribution in [0.25, 0.3) is 0 Å². The molecular formula is C7H8O5. The molecule has 5 heteroatoms. The fourth-order valence-corrected chi connectivity index (χ4v) is 0.633. The van der Waals surface area contributed by atoms with Gasteiger partial charge in [0.1, 0.15) is 0 Å². The van der Waals surface area contributed by atoms with Gasteiger partial charge in [0.15, 0.2) is 0 Å². The zero-order chi connectivity index (χ0) is 9.78. The molecule has 0 heterocycles. The number of terminal acetylenes is 1. The van der Waals surface area contributed by atoms with Crippen molar-refractivity contribution < 1.29 is 24.5 Å². The van der Waals surface area contributed by atoms with E-state index in [9.17, 15) is 9.59 Å². The Kier molecular flexibility index (Phi) is 3.26. The number of ether oxygens (including phenoxy) is 1. The fourth-order valence-electron chi connectivity index (χ4n) is 0.633. The minimum Gasteiger partial charge on any atom is -0.479 e. The number of aliphatic carboxylic acids is 2. The van der Waals surface area contributed by atoms with E-state index >= 15 is 0 Å². The van der Waals surface area contributed by atoms with Crippen LogP contribution >= 0.6 is 0 Å². The second-order valence-electron chi connectivity index (χ2n) is 2.02. The zero-order valence-corrected chi connectivity index (χ0v) is 6.40. The van der Waals surface area contributed by atoms with Gasteiger partial charge in [-0.05, 0) is 0 Å². The van der Waals surface area contributed by atoms with Crippen LogP contribution in [0.15, 0.2) is 0 Å². The summed E-state index contributed by atoms with van der Waals surface area (Å²) >= 11 is 0. The van der Waals surface area contributed by atoms with Gasteiger partial charge in [-0.2, -0.15) is 0 Å². The molecule has 0 fully saturated rings. The first-order valence-corrected chi connectivity index (χ1v) is 2.96. The van der Waals surface area contributed by atoms with E-state index < -0.39 is 24.0 Å². The summed E-state index contributed by atoms with van der Waals surface area (Å²) in [6, 6.07) is 0. The van der Waals surface area contributed by atoms with Crippen molar-refractivity contribution in [2.24, 2.45) is 0 Å². The summed E-state index contributed by atoms with van der Waals surface area (Å²) < 4.78 is 4.36. The Hall–Kier alpha value is -1.54. The Bertz CT molecular complexity index is 223. The molecule has 0 rings (SSSR count). The molecule has 0 aliphatic rings. The van der Waals surface area contributed by atoms with Crippen LogP contribution in [0.1, 0.15) is 6.42 Å². The first-order valence-electron chi connectivity index (χ1n) is 2.96. The maximum absolute atomic E-state index is 10.5. The van der Waals surface area contributed by atoms with Crippen LogP contribution in [-0.2, 0) is 14.3 Å². The zero-order valence-electron chi connectivity index (χ0n) is 6.40. The van der Waals surface area contributed by atoms with Crippen molar-refractivity contribution in [1.29, 1.82) is 0 Å². The molecular weight excluding hydrogens is 164 g/mol. The van der Waals surface area contributed by atoms with E-state index in [1.807, 2.05) is 5.92 Å². The lowest BCUT2D eigenvalue weighted by molar-refractivity contribution is -0.179. The van der Waals surface area contributed by atoms with E-state index in [-0.39, 0.29) is 0 Å². The topological polar surface area (TPSA) is 83.8 Å². The molecule has 0 aromatic heterocycles. The van der Waals surface area contributed by atoms with Crippen LogP contribution in [-0.4, -0.2) is 34.9 Å². The highest BCUT2D eigenvalue weighted by atomic mass is 16.5. The highest BCUT2D eigenvalue weighted by molar-refractivity contribution is 6.02. The van der Waals surface area contributed by atoms with Crippen LogP contribution in [0.4, 0.5) is 0 Å². The maximum atomic E-state index is 10.5. The lowest BCUT2D eigenvalue weighted by Crippen LogP contribution is -2.48.